The van der Waals surface area contributed by atoms with E-state index < -0.39 is 0 Å². The van der Waals surface area contributed by atoms with Crippen LogP contribution in [0.3, 0.4) is 0 Å². The van der Waals surface area contributed by atoms with Crippen LogP contribution in [0.15, 0.2) is 30.3 Å². The van der Waals surface area contributed by atoms with Crippen molar-refractivity contribution in [2.75, 3.05) is 24.5 Å². The number of urea groups is 1. The zero-order chi connectivity index (χ0) is 16.7. The average Bonchev–Trinajstić information content (AvgIpc) is 2.52. The molecule has 1 aromatic rings. The van der Waals surface area contributed by atoms with Gasteiger partial charge in [0.2, 0.25) is 5.91 Å². The van der Waals surface area contributed by atoms with Crippen molar-refractivity contribution in [1.29, 1.82) is 0 Å². The van der Waals surface area contributed by atoms with Crippen molar-refractivity contribution in [1.82, 2.24) is 10.2 Å². The zero-order valence-electron chi connectivity index (χ0n) is 14.1. The number of carbonyl (C=O) groups excluding carboxylic acids is 2. The molecule has 3 rings (SSSR count). The third-order valence-corrected chi connectivity index (χ3v) is 4.72. The molecule has 2 saturated heterocycles. The van der Waals surface area contributed by atoms with Crippen LogP contribution in [0, 0.1) is 5.41 Å². The van der Waals surface area contributed by atoms with Crippen LogP contribution in [0.2, 0.25) is 0 Å². The van der Waals surface area contributed by atoms with Gasteiger partial charge in [-0.05, 0) is 45.7 Å². The number of amides is 3. The van der Waals surface area contributed by atoms with Gasteiger partial charge in [0.25, 0.3) is 0 Å². The van der Waals surface area contributed by atoms with Gasteiger partial charge in [-0.3, -0.25) is 4.79 Å². The highest BCUT2D eigenvalue weighted by Gasteiger charge is 2.53. The van der Waals surface area contributed by atoms with Gasteiger partial charge in [-0.1, -0.05) is 18.2 Å². The van der Waals surface area contributed by atoms with Gasteiger partial charge < -0.3 is 15.1 Å². The molecular weight excluding hydrogens is 290 g/mol. The fraction of sp³-hybridized carbons (Fsp3) is 0.556. The Morgan fingerprint density at radius 1 is 1.13 bits per heavy atom. The van der Waals surface area contributed by atoms with E-state index in [0.717, 1.165) is 25.1 Å². The van der Waals surface area contributed by atoms with Crippen LogP contribution in [0.4, 0.5) is 10.5 Å². The molecule has 3 amide bonds. The molecule has 0 saturated carbocycles. The third-order valence-electron chi connectivity index (χ3n) is 4.72. The molecule has 5 nitrogen and oxygen atoms in total. The lowest BCUT2D eigenvalue weighted by Crippen LogP contribution is -2.66. The van der Waals surface area contributed by atoms with E-state index in [4.69, 9.17) is 0 Å². The molecule has 2 aliphatic heterocycles. The first kappa shape index (κ1) is 15.8. The van der Waals surface area contributed by atoms with Gasteiger partial charge in [0, 0.05) is 30.9 Å². The van der Waals surface area contributed by atoms with Gasteiger partial charge in [-0.2, -0.15) is 0 Å². The quantitative estimate of drug-likeness (QED) is 0.810. The van der Waals surface area contributed by atoms with Crippen molar-refractivity contribution in [3.63, 3.8) is 0 Å². The Morgan fingerprint density at radius 3 is 2.26 bits per heavy atom. The van der Waals surface area contributed by atoms with Crippen molar-refractivity contribution in [2.24, 2.45) is 5.41 Å². The second-order valence-electron chi connectivity index (χ2n) is 7.67. The van der Waals surface area contributed by atoms with E-state index in [-0.39, 0.29) is 22.9 Å². The van der Waals surface area contributed by atoms with E-state index >= 15 is 0 Å². The molecule has 23 heavy (non-hydrogen) atoms. The minimum atomic E-state index is -0.256. The number of hydrogen-bond donors (Lipinski definition) is 1. The molecule has 0 atom stereocenters. The second kappa shape index (κ2) is 5.55. The summed E-state index contributed by atoms with van der Waals surface area (Å²) in [6.45, 7) is 7.99. The summed E-state index contributed by atoms with van der Waals surface area (Å²) >= 11 is 0. The molecule has 2 aliphatic rings. The number of piperidine rings is 1. The molecule has 2 fully saturated rings. The largest absolute Gasteiger partial charge is 0.333 e. The van der Waals surface area contributed by atoms with E-state index in [1.54, 1.807) is 0 Å². The molecular formula is C18H25N3O2. The molecule has 0 bridgehead atoms. The Hall–Kier alpha value is -2.04. The molecule has 0 radical (unpaired) electrons. The summed E-state index contributed by atoms with van der Waals surface area (Å²) < 4.78 is 0. The van der Waals surface area contributed by atoms with Crippen molar-refractivity contribution in [3.05, 3.63) is 30.3 Å². The van der Waals surface area contributed by atoms with Crippen LogP contribution in [-0.2, 0) is 4.79 Å². The second-order valence-corrected chi connectivity index (χ2v) is 7.67. The Balaban J connectivity index is 1.58. The minimum absolute atomic E-state index is 0.0287. The van der Waals surface area contributed by atoms with Gasteiger partial charge >= 0.3 is 6.03 Å². The Labute approximate surface area is 137 Å². The fourth-order valence-electron chi connectivity index (χ4n) is 3.36. The lowest BCUT2D eigenvalue weighted by atomic mass is 9.71. The summed E-state index contributed by atoms with van der Waals surface area (Å²) in [4.78, 5) is 28.5. The number of carbonyl (C=O) groups is 2. The molecule has 0 aliphatic carbocycles. The van der Waals surface area contributed by atoms with Gasteiger partial charge in [0.1, 0.15) is 0 Å². The summed E-state index contributed by atoms with van der Waals surface area (Å²) in [5.41, 5.74) is 0.479. The van der Waals surface area contributed by atoms with Crippen LogP contribution < -0.4 is 10.2 Å². The summed E-state index contributed by atoms with van der Waals surface area (Å²) in [6.07, 6.45) is 1.51. The number of nitrogens with zero attached hydrogens (tertiary/aromatic N) is 2. The highest BCUT2D eigenvalue weighted by molar-refractivity contribution is 6.04. The van der Waals surface area contributed by atoms with Crippen molar-refractivity contribution >= 4 is 17.6 Å². The van der Waals surface area contributed by atoms with Gasteiger partial charge in [0.05, 0.1) is 5.41 Å². The molecule has 124 valence electrons. The first-order valence-electron chi connectivity index (χ1n) is 8.25. The number of rotatable bonds is 1. The number of benzene rings is 1. The monoisotopic (exact) mass is 315 g/mol. The van der Waals surface area contributed by atoms with Gasteiger partial charge in [-0.15, -0.1) is 0 Å². The normalized spacial score (nSPS) is 20.4. The van der Waals surface area contributed by atoms with Crippen LogP contribution in [-0.4, -0.2) is 42.0 Å². The van der Waals surface area contributed by atoms with Crippen LogP contribution in [0.5, 0.6) is 0 Å². The number of para-hydroxylation sites is 1. The fourth-order valence-corrected chi connectivity index (χ4v) is 3.36. The maximum absolute atomic E-state index is 12.7. The van der Waals surface area contributed by atoms with Crippen LogP contribution in [0.1, 0.15) is 33.6 Å². The third kappa shape index (κ3) is 3.05. The van der Waals surface area contributed by atoms with Crippen LogP contribution in [0.25, 0.3) is 0 Å². The lowest BCUT2D eigenvalue weighted by molar-refractivity contribution is -0.138. The Kier molecular flexibility index (Phi) is 3.82. The lowest BCUT2D eigenvalue weighted by Gasteiger charge is -2.52. The van der Waals surface area contributed by atoms with Crippen molar-refractivity contribution in [2.45, 2.75) is 39.2 Å². The number of anilines is 1. The van der Waals surface area contributed by atoms with Gasteiger partial charge in [0.15, 0.2) is 0 Å². The number of β-lactam (4-membered cyclic amide) rings is 1. The summed E-state index contributed by atoms with van der Waals surface area (Å²) in [5, 5.41) is 2.99. The minimum Gasteiger partial charge on any atom is -0.333 e. The maximum atomic E-state index is 12.7. The van der Waals surface area contributed by atoms with E-state index in [1.807, 2.05) is 60.9 Å². The molecule has 0 unspecified atom stereocenters. The Bertz CT molecular complexity index is 598. The molecule has 5 heteroatoms. The van der Waals surface area contributed by atoms with Gasteiger partial charge in [-0.25, -0.2) is 4.79 Å². The number of nitrogens with one attached hydrogen (secondary N) is 1. The molecule has 2 heterocycles. The molecule has 1 aromatic carbocycles. The van der Waals surface area contributed by atoms with Crippen molar-refractivity contribution in [3.8, 4) is 0 Å². The highest BCUT2D eigenvalue weighted by Crippen LogP contribution is 2.43. The predicted molar refractivity (Wildman–Crippen MR) is 90.3 cm³/mol. The molecule has 1 N–H and O–H groups in total. The van der Waals surface area contributed by atoms with E-state index in [1.165, 1.54) is 0 Å². The summed E-state index contributed by atoms with van der Waals surface area (Å²) in [6, 6.07) is 9.77. The van der Waals surface area contributed by atoms with Crippen molar-refractivity contribution < 1.29 is 9.59 Å². The SMILES string of the molecule is CC(C)(C)NC(=O)N1CCC2(CC1)CN(c1ccccc1)C2=O. The predicted octanol–water partition coefficient (Wildman–Crippen LogP) is 2.62. The highest BCUT2D eigenvalue weighted by atomic mass is 16.2. The topological polar surface area (TPSA) is 52.7 Å². The smallest absolute Gasteiger partial charge is 0.317 e. The average molecular weight is 315 g/mol. The Morgan fingerprint density at radius 2 is 1.74 bits per heavy atom. The van der Waals surface area contributed by atoms with E-state index in [9.17, 15) is 9.59 Å². The first-order chi connectivity index (χ1) is 10.8. The molecule has 0 aromatic heterocycles. The number of likely N-dealkylation sites (tertiary alicyclic amines) is 1. The van der Waals surface area contributed by atoms with Crippen LogP contribution >= 0.6 is 0 Å². The maximum Gasteiger partial charge on any atom is 0.317 e. The van der Waals surface area contributed by atoms with E-state index in [0.29, 0.717) is 13.1 Å². The zero-order valence-corrected chi connectivity index (χ0v) is 14.1. The number of hydrogen-bond acceptors (Lipinski definition) is 2. The standard InChI is InChI=1S/C18H25N3O2/c1-17(2,3)19-16(23)20-11-9-18(10-12-20)13-21(15(18)22)14-7-5-4-6-8-14/h4-8H,9-13H2,1-3H3,(H,19,23). The molecule has 1 spiro atoms. The van der Waals surface area contributed by atoms with E-state index in [2.05, 4.69) is 5.32 Å². The first-order valence-corrected chi connectivity index (χ1v) is 8.25. The summed E-state index contributed by atoms with van der Waals surface area (Å²) in [7, 11) is 0. The summed E-state index contributed by atoms with van der Waals surface area (Å²) in [5.74, 6) is 0.208.